The van der Waals surface area contributed by atoms with E-state index < -0.39 is 12.8 Å². The van der Waals surface area contributed by atoms with Crippen LogP contribution >= 0.6 is 0 Å². The quantitative estimate of drug-likeness (QED) is 0.875. The van der Waals surface area contributed by atoms with Gasteiger partial charge in [-0.2, -0.15) is 13.2 Å². The van der Waals surface area contributed by atoms with Gasteiger partial charge in [-0.05, 0) is 36.8 Å². The van der Waals surface area contributed by atoms with Crippen molar-refractivity contribution in [2.45, 2.75) is 13.1 Å². The highest BCUT2D eigenvalue weighted by atomic mass is 19.4. The Morgan fingerprint density at radius 1 is 1.20 bits per heavy atom. The fourth-order valence-electron chi connectivity index (χ4n) is 1.77. The van der Waals surface area contributed by atoms with Gasteiger partial charge < -0.3 is 10.5 Å². The van der Waals surface area contributed by atoms with Crippen LogP contribution in [0.2, 0.25) is 0 Å². The molecule has 1 aromatic heterocycles. The Morgan fingerprint density at radius 2 is 1.95 bits per heavy atom. The normalized spacial score (nSPS) is 11.4. The summed E-state index contributed by atoms with van der Waals surface area (Å²) in [6, 6.07) is 6.23. The minimum absolute atomic E-state index is 0.120. The highest BCUT2D eigenvalue weighted by Crippen LogP contribution is 2.32. The topological polar surface area (TPSA) is 48.1 Å². The smallest absolute Gasteiger partial charge is 0.422 e. The van der Waals surface area contributed by atoms with Gasteiger partial charge in [0, 0.05) is 29.2 Å². The predicted octanol–water partition coefficient (Wildman–Crippen LogP) is 3.58. The molecule has 2 N–H and O–H groups in total. The summed E-state index contributed by atoms with van der Waals surface area (Å²) in [4.78, 5) is 4.00. The van der Waals surface area contributed by atoms with Gasteiger partial charge >= 0.3 is 6.18 Å². The monoisotopic (exact) mass is 282 g/mol. The van der Waals surface area contributed by atoms with Crippen LogP contribution in [0.5, 0.6) is 5.75 Å². The summed E-state index contributed by atoms with van der Waals surface area (Å²) >= 11 is 0. The molecule has 6 heteroatoms. The number of halogens is 3. The summed E-state index contributed by atoms with van der Waals surface area (Å²) in [6.07, 6.45) is -1.11. The molecule has 0 spiro atoms. The number of nitrogens with zero attached hydrogens (tertiary/aromatic N) is 1. The molecule has 20 heavy (non-hydrogen) atoms. The first kappa shape index (κ1) is 14.2. The SMILES string of the molecule is Cc1ccncc1-c1cc(OCC(F)(F)F)ccc1N. The number of nitrogens with two attached hydrogens (primary N) is 1. The average molecular weight is 282 g/mol. The first-order valence-corrected chi connectivity index (χ1v) is 5.87. The molecular weight excluding hydrogens is 269 g/mol. The van der Waals surface area contributed by atoms with Crippen LogP contribution in [0.15, 0.2) is 36.7 Å². The molecule has 0 saturated heterocycles. The third-order valence-corrected chi connectivity index (χ3v) is 2.76. The van der Waals surface area contributed by atoms with E-state index in [1.54, 1.807) is 18.5 Å². The Kier molecular flexibility index (Phi) is 3.83. The Hall–Kier alpha value is -2.24. The number of benzene rings is 1. The van der Waals surface area contributed by atoms with Crippen LogP contribution in [0.25, 0.3) is 11.1 Å². The highest BCUT2D eigenvalue weighted by Gasteiger charge is 2.28. The van der Waals surface area contributed by atoms with E-state index in [1.807, 2.05) is 6.92 Å². The van der Waals surface area contributed by atoms with Gasteiger partial charge in [0.2, 0.25) is 0 Å². The van der Waals surface area contributed by atoms with Crippen molar-refractivity contribution < 1.29 is 17.9 Å². The highest BCUT2D eigenvalue weighted by molar-refractivity contribution is 5.79. The van der Waals surface area contributed by atoms with Crippen LogP contribution in [-0.2, 0) is 0 Å². The lowest BCUT2D eigenvalue weighted by Gasteiger charge is -2.13. The minimum atomic E-state index is -4.37. The number of pyridine rings is 1. The first-order valence-electron chi connectivity index (χ1n) is 5.87. The van der Waals surface area contributed by atoms with Crippen LogP contribution < -0.4 is 10.5 Å². The van der Waals surface area contributed by atoms with Crippen molar-refractivity contribution >= 4 is 5.69 Å². The third-order valence-electron chi connectivity index (χ3n) is 2.76. The van der Waals surface area contributed by atoms with Gasteiger partial charge in [-0.25, -0.2) is 0 Å². The van der Waals surface area contributed by atoms with Crippen LogP contribution in [0.4, 0.5) is 18.9 Å². The standard InChI is InChI=1S/C14H13F3N2O/c1-9-4-5-19-7-12(9)11-6-10(2-3-13(11)18)20-8-14(15,16)17/h2-7H,8,18H2,1H3. The summed E-state index contributed by atoms with van der Waals surface area (Å²) in [5.41, 5.74) is 8.63. The Morgan fingerprint density at radius 3 is 2.60 bits per heavy atom. The second-order valence-electron chi connectivity index (χ2n) is 4.34. The zero-order chi connectivity index (χ0) is 14.8. The van der Waals surface area contributed by atoms with Crippen molar-refractivity contribution in [2.75, 3.05) is 12.3 Å². The molecule has 0 atom stereocenters. The summed E-state index contributed by atoms with van der Waals surface area (Å²) in [6.45, 7) is 0.544. The van der Waals surface area contributed by atoms with Gasteiger partial charge in [-0.1, -0.05) is 0 Å². The predicted molar refractivity (Wildman–Crippen MR) is 70.4 cm³/mol. The number of nitrogen functional groups attached to an aromatic ring is 1. The fraction of sp³-hybridized carbons (Fsp3) is 0.214. The number of aryl methyl sites for hydroxylation is 1. The molecule has 2 rings (SSSR count). The minimum Gasteiger partial charge on any atom is -0.484 e. The molecule has 0 saturated carbocycles. The lowest BCUT2D eigenvalue weighted by molar-refractivity contribution is -0.153. The van der Waals surface area contributed by atoms with E-state index in [0.717, 1.165) is 11.1 Å². The molecule has 0 radical (unpaired) electrons. The molecule has 0 fully saturated rings. The molecule has 106 valence electrons. The largest absolute Gasteiger partial charge is 0.484 e. The second-order valence-corrected chi connectivity index (χ2v) is 4.34. The van der Waals surface area contributed by atoms with Crippen molar-refractivity contribution in [3.05, 3.63) is 42.2 Å². The summed E-state index contributed by atoms with van der Waals surface area (Å²) in [5.74, 6) is 0.120. The molecule has 1 heterocycles. The number of anilines is 1. The molecule has 0 unspecified atom stereocenters. The maximum absolute atomic E-state index is 12.1. The van der Waals surface area contributed by atoms with Crippen molar-refractivity contribution in [3.8, 4) is 16.9 Å². The molecule has 0 aliphatic rings. The average Bonchev–Trinajstić information content (AvgIpc) is 2.38. The maximum atomic E-state index is 12.1. The van der Waals surface area contributed by atoms with Crippen LogP contribution in [0, 0.1) is 6.92 Å². The Labute approximate surface area is 114 Å². The Bertz CT molecular complexity index is 612. The van der Waals surface area contributed by atoms with Crippen LogP contribution in [0.1, 0.15) is 5.56 Å². The molecule has 0 aliphatic carbocycles. The van der Waals surface area contributed by atoms with Crippen LogP contribution in [-0.4, -0.2) is 17.8 Å². The van der Waals surface area contributed by atoms with Crippen molar-refractivity contribution in [1.29, 1.82) is 0 Å². The summed E-state index contributed by atoms with van der Waals surface area (Å²) in [7, 11) is 0. The zero-order valence-corrected chi connectivity index (χ0v) is 10.7. The number of hydrogen-bond acceptors (Lipinski definition) is 3. The molecule has 2 aromatic rings. The number of aromatic nitrogens is 1. The molecule has 3 nitrogen and oxygen atoms in total. The lowest BCUT2D eigenvalue weighted by Crippen LogP contribution is -2.19. The van der Waals surface area contributed by atoms with Gasteiger partial charge in [0.15, 0.2) is 6.61 Å². The van der Waals surface area contributed by atoms with Crippen molar-refractivity contribution in [1.82, 2.24) is 4.98 Å². The van der Waals surface area contributed by atoms with Gasteiger partial charge in [0.1, 0.15) is 5.75 Å². The number of rotatable bonds is 3. The fourth-order valence-corrected chi connectivity index (χ4v) is 1.77. The Balaban J connectivity index is 2.33. The lowest BCUT2D eigenvalue weighted by atomic mass is 10.0. The number of ether oxygens (including phenoxy) is 1. The van der Waals surface area contributed by atoms with E-state index in [0.29, 0.717) is 11.3 Å². The zero-order valence-electron chi connectivity index (χ0n) is 10.7. The maximum Gasteiger partial charge on any atom is 0.422 e. The number of alkyl halides is 3. The summed E-state index contributed by atoms with van der Waals surface area (Å²) in [5, 5.41) is 0. The van der Waals surface area contributed by atoms with E-state index in [-0.39, 0.29) is 5.75 Å². The van der Waals surface area contributed by atoms with Gasteiger partial charge in [0.05, 0.1) is 0 Å². The van der Waals surface area contributed by atoms with E-state index in [1.165, 1.54) is 18.2 Å². The molecule has 0 bridgehead atoms. The van der Waals surface area contributed by atoms with Crippen molar-refractivity contribution in [3.63, 3.8) is 0 Å². The van der Waals surface area contributed by atoms with Crippen LogP contribution in [0.3, 0.4) is 0 Å². The van der Waals surface area contributed by atoms with Gasteiger partial charge in [0.25, 0.3) is 0 Å². The molecule has 0 aliphatic heterocycles. The molecular formula is C14H13F3N2O. The first-order chi connectivity index (χ1) is 9.37. The molecule has 1 aromatic carbocycles. The number of hydrogen-bond donors (Lipinski definition) is 1. The van der Waals surface area contributed by atoms with Gasteiger partial charge in [-0.15, -0.1) is 0 Å². The van der Waals surface area contributed by atoms with E-state index in [9.17, 15) is 13.2 Å². The van der Waals surface area contributed by atoms with Gasteiger partial charge in [-0.3, -0.25) is 4.98 Å². The molecule has 0 amide bonds. The second kappa shape index (κ2) is 5.40. The summed E-state index contributed by atoms with van der Waals surface area (Å²) < 4.78 is 41.2. The van der Waals surface area contributed by atoms with E-state index >= 15 is 0 Å². The van der Waals surface area contributed by atoms with E-state index in [4.69, 9.17) is 10.5 Å². The van der Waals surface area contributed by atoms with Crippen molar-refractivity contribution in [2.24, 2.45) is 0 Å². The van der Waals surface area contributed by atoms with E-state index in [2.05, 4.69) is 4.98 Å². The third kappa shape index (κ3) is 3.40.